The summed E-state index contributed by atoms with van der Waals surface area (Å²) in [6.07, 6.45) is 6.22. The van der Waals surface area contributed by atoms with Crippen molar-refractivity contribution in [2.45, 2.75) is 50.2 Å². The molecule has 1 aromatic rings. The molecule has 1 spiro atoms. The number of carbonyl (C=O) groups excluding carboxylic acids is 1. The van der Waals surface area contributed by atoms with Crippen LogP contribution in [0.25, 0.3) is 0 Å². The van der Waals surface area contributed by atoms with E-state index < -0.39 is 0 Å². The third kappa shape index (κ3) is 4.50. The number of hydrogen-bond acceptors (Lipinski definition) is 4. The van der Waals surface area contributed by atoms with E-state index >= 15 is 0 Å². The Kier molecular flexibility index (Phi) is 5.76. The summed E-state index contributed by atoms with van der Waals surface area (Å²) in [4.78, 5) is 14.8. The highest BCUT2D eigenvalue weighted by molar-refractivity contribution is 6.33. The van der Waals surface area contributed by atoms with Crippen molar-refractivity contribution in [2.24, 2.45) is 0 Å². The number of piperidine rings is 1. The van der Waals surface area contributed by atoms with Gasteiger partial charge in [-0.3, -0.25) is 0 Å². The molecule has 0 saturated carbocycles. The number of amides is 2. The molecule has 3 heterocycles. The Morgan fingerprint density at radius 3 is 2.81 bits per heavy atom. The first kappa shape index (κ1) is 18.8. The number of halogens is 1. The van der Waals surface area contributed by atoms with Crippen LogP contribution >= 0.6 is 11.6 Å². The quantitative estimate of drug-likeness (QED) is 0.820. The zero-order valence-corrected chi connectivity index (χ0v) is 16.4. The van der Waals surface area contributed by atoms with Crippen molar-refractivity contribution < 1.29 is 14.3 Å². The van der Waals surface area contributed by atoms with Gasteiger partial charge in [0.2, 0.25) is 0 Å². The average molecular weight is 394 g/mol. The predicted octanol–water partition coefficient (Wildman–Crippen LogP) is 3.79. The molecule has 7 heteroatoms. The van der Waals surface area contributed by atoms with Crippen LogP contribution in [0.5, 0.6) is 0 Å². The Bertz CT molecular complexity index is 672. The first-order chi connectivity index (χ1) is 13.1. The number of carbonyl (C=O) groups is 1. The van der Waals surface area contributed by atoms with Crippen molar-refractivity contribution in [1.29, 1.82) is 0 Å². The van der Waals surface area contributed by atoms with E-state index in [-0.39, 0.29) is 17.7 Å². The van der Waals surface area contributed by atoms with E-state index in [0.29, 0.717) is 23.9 Å². The van der Waals surface area contributed by atoms with Gasteiger partial charge in [0.25, 0.3) is 0 Å². The first-order valence-electron chi connectivity index (χ1n) is 9.97. The van der Waals surface area contributed by atoms with Crippen molar-refractivity contribution >= 4 is 29.0 Å². The number of anilines is 2. The van der Waals surface area contributed by atoms with E-state index in [1.165, 1.54) is 19.3 Å². The molecular formula is C20H28ClN3O3. The summed E-state index contributed by atoms with van der Waals surface area (Å²) in [6, 6.07) is 5.66. The minimum atomic E-state index is -0.213. The van der Waals surface area contributed by atoms with Crippen LogP contribution in [0, 0.1) is 0 Å². The predicted molar refractivity (Wildman–Crippen MR) is 107 cm³/mol. The number of benzene rings is 1. The van der Waals surface area contributed by atoms with Crippen LogP contribution in [0.3, 0.4) is 0 Å². The fraction of sp³-hybridized carbons (Fsp3) is 0.650. The van der Waals surface area contributed by atoms with Gasteiger partial charge in [0, 0.05) is 44.5 Å². The van der Waals surface area contributed by atoms with Crippen molar-refractivity contribution in [1.82, 2.24) is 5.32 Å². The molecule has 0 unspecified atom stereocenters. The molecule has 0 bridgehead atoms. The number of nitrogens with one attached hydrogen (secondary N) is 2. The maximum atomic E-state index is 12.4. The van der Waals surface area contributed by atoms with Crippen LogP contribution in [0.2, 0.25) is 5.02 Å². The third-order valence-corrected chi connectivity index (χ3v) is 6.10. The lowest BCUT2D eigenvalue weighted by atomic mass is 9.90. The molecule has 2 atom stereocenters. The second kappa shape index (κ2) is 8.25. The van der Waals surface area contributed by atoms with Crippen molar-refractivity contribution in [3.8, 4) is 0 Å². The Hall–Kier alpha value is -1.50. The van der Waals surface area contributed by atoms with Gasteiger partial charge in [-0.25, -0.2) is 4.79 Å². The molecule has 0 aromatic heterocycles. The highest BCUT2D eigenvalue weighted by Crippen LogP contribution is 2.33. The van der Waals surface area contributed by atoms with Gasteiger partial charge in [-0.15, -0.1) is 0 Å². The lowest BCUT2D eigenvalue weighted by Gasteiger charge is -2.37. The highest BCUT2D eigenvalue weighted by Gasteiger charge is 2.41. The number of urea groups is 1. The number of hydrogen-bond donors (Lipinski definition) is 2. The van der Waals surface area contributed by atoms with Gasteiger partial charge in [0.1, 0.15) is 0 Å². The SMILES string of the molecule is O=C(Nc1ccc(N2CCCCC2)c(Cl)c1)N[C@H]1CCO[C@]2(CCOC2)C1. The van der Waals surface area contributed by atoms with Crippen LogP contribution in [0.15, 0.2) is 18.2 Å². The normalized spacial score (nSPS) is 28.3. The summed E-state index contributed by atoms with van der Waals surface area (Å²) >= 11 is 6.48. The topological polar surface area (TPSA) is 62.8 Å². The minimum absolute atomic E-state index is 0.101. The maximum absolute atomic E-state index is 12.4. The molecule has 2 N–H and O–H groups in total. The van der Waals surface area contributed by atoms with Crippen molar-refractivity contribution in [2.75, 3.05) is 43.1 Å². The van der Waals surface area contributed by atoms with Crippen LogP contribution in [-0.2, 0) is 9.47 Å². The van der Waals surface area contributed by atoms with Crippen LogP contribution in [0.4, 0.5) is 16.2 Å². The van der Waals surface area contributed by atoms with Crippen LogP contribution in [0.1, 0.15) is 38.5 Å². The Balaban J connectivity index is 1.33. The second-order valence-electron chi connectivity index (χ2n) is 7.84. The van der Waals surface area contributed by atoms with Crippen molar-refractivity contribution in [3.05, 3.63) is 23.2 Å². The second-order valence-corrected chi connectivity index (χ2v) is 8.24. The van der Waals surface area contributed by atoms with Crippen molar-refractivity contribution in [3.63, 3.8) is 0 Å². The van der Waals surface area contributed by atoms with Gasteiger partial charge < -0.3 is 25.0 Å². The van der Waals surface area contributed by atoms with Crippen LogP contribution in [-0.4, -0.2) is 50.6 Å². The van der Waals surface area contributed by atoms with E-state index in [9.17, 15) is 4.79 Å². The van der Waals surface area contributed by atoms with Gasteiger partial charge in [-0.2, -0.15) is 0 Å². The average Bonchev–Trinajstić information content (AvgIpc) is 3.10. The number of nitrogens with zero attached hydrogens (tertiary/aromatic N) is 1. The van der Waals surface area contributed by atoms with E-state index in [0.717, 1.165) is 44.6 Å². The molecule has 1 aromatic carbocycles. The molecule has 0 aliphatic carbocycles. The zero-order chi connectivity index (χ0) is 18.7. The standard InChI is InChI=1S/C20H28ClN3O3/c21-17-12-15(4-5-18(17)24-8-2-1-3-9-24)22-19(25)23-16-6-10-27-20(13-16)7-11-26-14-20/h4-5,12,16H,1-3,6-11,13-14H2,(H2,22,23,25)/t16-,20+/m0/s1. The molecule has 2 amide bonds. The van der Waals surface area contributed by atoms with E-state index in [4.69, 9.17) is 21.1 Å². The lowest BCUT2D eigenvalue weighted by Crippen LogP contribution is -2.49. The van der Waals surface area contributed by atoms with E-state index in [1.807, 2.05) is 18.2 Å². The molecule has 27 heavy (non-hydrogen) atoms. The largest absolute Gasteiger partial charge is 0.378 e. The summed E-state index contributed by atoms with van der Waals surface area (Å²) in [5.41, 5.74) is 1.55. The fourth-order valence-electron chi connectivity index (χ4n) is 4.34. The number of ether oxygens (including phenoxy) is 2. The maximum Gasteiger partial charge on any atom is 0.319 e. The molecule has 3 saturated heterocycles. The Morgan fingerprint density at radius 2 is 2.07 bits per heavy atom. The van der Waals surface area contributed by atoms with Gasteiger partial charge in [0.15, 0.2) is 0 Å². The Morgan fingerprint density at radius 1 is 1.22 bits per heavy atom. The molecule has 4 rings (SSSR count). The monoisotopic (exact) mass is 393 g/mol. The molecule has 3 aliphatic heterocycles. The lowest BCUT2D eigenvalue weighted by molar-refractivity contribution is -0.0877. The first-order valence-corrected chi connectivity index (χ1v) is 10.4. The summed E-state index contributed by atoms with van der Waals surface area (Å²) in [5, 5.41) is 6.67. The van der Waals surface area contributed by atoms with Gasteiger partial charge in [-0.05, 0) is 50.3 Å². The molecular weight excluding hydrogens is 366 g/mol. The van der Waals surface area contributed by atoms with Gasteiger partial charge in [0.05, 0.1) is 22.9 Å². The fourth-order valence-corrected chi connectivity index (χ4v) is 4.64. The number of rotatable bonds is 3. The smallest absolute Gasteiger partial charge is 0.319 e. The van der Waals surface area contributed by atoms with Crippen LogP contribution < -0.4 is 15.5 Å². The minimum Gasteiger partial charge on any atom is -0.378 e. The molecule has 3 fully saturated rings. The third-order valence-electron chi connectivity index (χ3n) is 5.80. The summed E-state index contributed by atoms with van der Waals surface area (Å²) in [7, 11) is 0. The highest BCUT2D eigenvalue weighted by atomic mass is 35.5. The summed E-state index contributed by atoms with van der Waals surface area (Å²) < 4.78 is 11.4. The summed E-state index contributed by atoms with van der Waals surface area (Å²) in [6.45, 7) is 4.11. The van der Waals surface area contributed by atoms with Gasteiger partial charge >= 0.3 is 6.03 Å². The summed E-state index contributed by atoms with van der Waals surface area (Å²) in [5.74, 6) is 0. The molecule has 0 radical (unpaired) electrons. The van der Waals surface area contributed by atoms with Gasteiger partial charge in [-0.1, -0.05) is 11.6 Å². The Labute approximate surface area is 165 Å². The van der Waals surface area contributed by atoms with E-state index in [1.54, 1.807) is 0 Å². The molecule has 148 valence electrons. The van der Waals surface area contributed by atoms with E-state index in [2.05, 4.69) is 15.5 Å². The molecule has 6 nitrogen and oxygen atoms in total. The molecule has 3 aliphatic rings. The zero-order valence-electron chi connectivity index (χ0n) is 15.6.